The predicted octanol–water partition coefficient (Wildman–Crippen LogP) is 3.07. The lowest BCUT2D eigenvalue weighted by atomic mass is 10.1. The molecule has 116 valence electrons. The van der Waals surface area contributed by atoms with Crippen LogP contribution in [0, 0.1) is 0 Å². The maximum atomic E-state index is 12.3. The third kappa shape index (κ3) is 4.82. The highest BCUT2D eigenvalue weighted by atomic mass is 35.5. The number of methoxy groups -OCH3 is 1. The Kier molecular flexibility index (Phi) is 5.43. The molecule has 21 heavy (non-hydrogen) atoms. The van der Waals surface area contributed by atoms with Crippen molar-refractivity contribution >= 4 is 29.3 Å². The maximum Gasteiger partial charge on any atom is 0.323 e. The molecule has 2 amide bonds. The molecule has 0 fully saturated rings. The van der Waals surface area contributed by atoms with E-state index < -0.39 is 24.1 Å². The van der Waals surface area contributed by atoms with Crippen LogP contribution in [0.25, 0.3) is 0 Å². The predicted molar refractivity (Wildman–Crippen MR) is 81.1 cm³/mol. The number of hydrogen-bond acceptors (Lipinski definition) is 3. The summed E-state index contributed by atoms with van der Waals surface area (Å²) in [6, 6.07) is 4.26. The van der Waals surface area contributed by atoms with E-state index in [1.54, 1.807) is 39.0 Å². The smallest absolute Gasteiger partial charge is 0.323 e. The minimum absolute atomic E-state index is 0.384. The van der Waals surface area contributed by atoms with E-state index in [1.807, 2.05) is 0 Å². The molecule has 2 N–H and O–H groups in total. The molecule has 0 saturated carbocycles. The van der Waals surface area contributed by atoms with Crippen LogP contribution in [0.1, 0.15) is 20.8 Å². The van der Waals surface area contributed by atoms with Crippen LogP contribution in [0.4, 0.5) is 10.5 Å². The number of nitrogens with one attached hydrogen (secondary N) is 1. The first kappa shape index (κ1) is 17.1. The highest BCUT2D eigenvalue weighted by Crippen LogP contribution is 2.28. The zero-order valence-electron chi connectivity index (χ0n) is 12.4. The van der Waals surface area contributed by atoms with Crippen molar-refractivity contribution in [2.24, 2.45) is 0 Å². The molecule has 1 aromatic carbocycles. The van der Waals surface area contributed by atoms with Gasteiger partial charge in [-0.05, 0) is 39.0 Å². The lowest BCUT2D eigenvalue weighted by Crippen LogP contribution is -2.50. The SMILES string of the molecule is COc1ccc(Cl)cc1NC(=O)N(CC(=O)O)C(C)(C)C. The van der Waals surface area contributed by atoms with Crippen LogP contribution >= 0.6 is 11.6 Å². The van der Waals surface area contributed by atoms with Crippen molar-refractivity contribution in [2.45, 2.75) is 26.3 Å². The Balaban J connectivity index is 3.01. The van der Waals surface area contributed by atoms with Crippen molar-refractivity contribution in [3.05, 3.63) is 23.2 Å². The average molecular weight is 315 g/mol. The van der Waals surface area contributed by atoms with Gasteiger partial charge < -0.3 is 20.1 Å². The summed E-state index contributed by atoms with van der Waals surface area (Å²) >= 11 is 5.90. The van der Waals surface area contributed by atoms with Crippen LogP contribution in [-0.4, -0.2) is 41.2 Å². The first-order chi connectivity index (χ1) is 9.65. The molecule has 0 bridgehead atoms. The van der Waals surface area contributed by atoms with E-state index in [0.717, 1.165) is 0 Å². The molecule has 1 aromatic rings. The van der Waals surface area contributed by atoms with Gasteiger partial charge in [-0.25, -0.2) is 4.79 Å². The normalized spacial score (nSPS) is 10.9. The Hall–Kier alpha value is -1.95. The number of aliphatic carboxylic acids is 1. The van der Waals surface area contributed by atoms with Crippen molar-refractivity contribution in [3.8, 4) is 5.75 Å². The van der Waals surface area contributed by atoms with Gasteiger partial charge in [0.1, 0.15) is 12.3 Å². The standard InChI is InChI=1S/C14H19ClN2O4/c1-14(2,3)17(8-12(18)19)13(20)16-10-7-9(15)5-6-11(10)21-4/h5-7H,8H2,1-4H3,(H,16,20)(H,18,19). The number of anilines is 1. The molecule has 0 saturated heterocycles. The number of carbonyl (C=O) groups excluding carboxylic acids is 1. The van der Waals surface area contributed by atoms with Gasteiger partial charge in [0.25, 0.3) is 0 Å². The zero-order valence-corrected chi connectivity index (χ0v) is 13.2. The zero-order chi connectivity index (χ0) is 16.2. The summed E-state index contributed by atoms with van der Waals surface area (Å²) in [7, 11) is 1.47. The van der Waals surface area contributed by atoms with E-state index in [1.165, 1.54) is 12.0 Å². The minimum Gasteiger partial charge on any atom is -0.495 e. The summed E-state index contributed by atoms with van der Waals surface area (Å²) in [5.74, 6) is -0.643. The van der Waals surface area contributed by atoms with Crippen LogP contribution in [0.3, 0.4) is 0 Å². The van der Waals surface area contributed by atoms with Crippen molar-refractivity contribution in [1.82, 2.24) is 4.90 Å². The van der Waals surface area contributed by atoms with E-state index >= 15 is 0 Å². The van der Waals surface area contributed by atoms with Crippen molar-refractivity contribution in [1.29, 1.82) is 0 Å². The summed E-state index contributed by atoms with van der Waals surface area (Å²) in [5.41, 5.74) is -0.261. The summed E-state index contributed by atoms with van der Waals surface area (Å²) in [4.78, 5) is 24.5. The highest BCUT2D eigenvalue weighted by Gasteiger charge is 2.29. The first-order valence-corrected chi connectivity index (χ1v) is 6.67. The molecule has 0 aliphatic rings. The number of nitrogens with zero attached hydrogens (tertiary/aromatic N) is 1. The van der Waals surface area contributed by atoms with Gasteiger partial charge in [-0.3, -0.25) is 4.79 Å². The number of ether oxygens (including phenoxy) is 1. The number of urea groups is 1. The molecule has 0 aromatic heterocycles. The summed E-state index contributed by atoms with van der Waals surface area (Å²) < 4.78 is 5.14. The van der Waals surface area contributed by atoms with E-state index in [4.69, 9.17) is 21.4 Å². The van der Waals surface area contributed by atoms with Crippen molar-refractivity contribution < 1.29 is 19.4 Å². The minimum atomic E-state index is -1.09. The number of carbonyl (C=O) groups is 2. The summed E-state index contributed by atoms with van der Waals surface area (Å²) in [6.07, 6.45) is 0. The van der Waals surface area contributed by atoms with Crippen molar-refractivity contribution in [2.75, 3.05) is 19.0 Å². The second-order valence-electron chi connectivity index (χ2n) is 5.43. The van der Waals surface area contributed by atoms with Gasteiger partial charge in [-0.1, -0.05) is 11.6 Å². The van der Waals surface area contributed by atoms with Gasteiger partial charge in [0.2, 0.25) is 0 Å². The van der Waals surface area contributed by atoms with E-state index in [2.05, 4.69) is 5.32 Å². The number of carboxylic acid groups (broad SMARTS) is 1. The second-order valence-corrected chi connectivity index (χ2v) is 5.86. The first-order valence-electron chi connectivity index (χ1n) is 6.29. The number of amides is 2. The molecule has 1 rings (SSSR count). The molecule has 0 heterocycles. The molecule has 0 aliphatic carbocycles. The van der Waals surface area contributed by atoms with Crippen LogP contribution in [0.2, 0.25) is 5.02 Å². The van der Waals surface area contributed by atoms with Gasteiger partial charge in [0, 0.05) is 10.6 Å². The number of carboxylic acids is 1. The highest BCUT2D eigenvalue weighted by molar-refractivity contribution is 6.31. The maximum absolute atomic E-state index is 12.3. The molecule has 0 spiro atoms. The van der Waals surface area contributed by atoms with E-state index in [-0.39, 0.29) is 0 Å². The molecular formula is C14H19ClN2O4. The lowest BCUT2D eigenvalue weighted by molar-refractivity contribution is -0.138. The number of hydrogen-bond donors (Lipinski definition) is 2. The fourth-order valence-corrected chi connectivity index (χ4v) is 1.88. The van der Waals surface area contributed by atoms with Gasteiger partial charge in [0.05, 0.1) is 12.8 Å². The fraction of sp³-hybridized carbons (Fsp3) is 0.429. The molecule has 6 nitrogen and oxygen atoms in total. The average Bonchev–Trinajstić information content (AvgIpc) is 2.34. The lowest BCUT2D eigenvalue weighted by Gasteiger charge is -2.34. The fourth-order valence-electron chi connectivity index (χ4n) is 1.71. The Morgan fingerprint density at radius 2 is 2.00 bits per heavy atom. The molecule has 7 heteroatoms. The topological polar surface area (TPSA) is 78.9 Å². The van der Waals surface area contributed by atoms with Gasteiger partial charge in [0.15, 0.2) is 0 Å². The number of halogens is 1. The molecule has 0 unspecified atom stereocenters. The number of benzene rings is 1. The summed E-state index contributed by atoms with van der Waals surface area (Å²) in [5, 5.41) is 12.0. The third-order valence-corrected chi connectivity index (χ3v) is 2.99. The van der Waals surface area contributed by atoms with E-state index in [9.17, 15) is 9.59 Å². The molecular weight excluding hydrogens is 296 g/mol. The van der Waals surface area contributed by atoms with Crippen LogP contribution in [0.15, 0.2) is 18.2 Å². The Bertz CT molecular complexity index is 540. The van der Waals surface area contributed by atoms with Gasteiger partial charge >= 0.3 is 12.0 Å². The van der Waals surface area contributed by atoms with Gasteiger partial charge in [-0.15, -0.1) is 0 Å². The Labute approximate surface area is 128 Å². The van der Waals surface area contributed by atoms with Crippen LogP contribution in [0.5, 0.6) is 5.75 Å². The molecule has 0 radical (unpaired) electrons. The second kappa shape index (κ2) is 6.67. The quantitative estimate of drug-likeness (QED) is 0.895. The van der Waals surface area contributed by atoms with E-state index in [0.29, 0.717) is 16.5 Å². The monoisotopic (exact) mass is 314 g/mol. The van der Waals surface area contributed by atoms with Crippen LogP contribution in [-0.2, 0) is 4.79 Å². The third-order valence-electron chi connectivity index (χ3n) is 2.75. The number of rotatable bonds is 4. The van der Waals surface area contributed by atoms with Crippen LogP contribution < -0.4 is 10.1 Å². The largest absolute Gasteiger partial charge is 0.495 e. The summed E-state index contributed by atoms with van der Waals surface area (Å²) in [6.45, 7) is 4.86. The van der Waals surface area contributed by atoms with Gasteiger partial charge in [-0.2, -0.15) is 0 Å². The Morgan fingerprint density at radius 1 is 1.38 bits per heavy atom. The molecule has 0 atom stereocenters. The molecule has 0 aliphatic heterocycles. The Morgan fingerprint density at radius 3 is 2.48 bits per heavy atom. The van der Waals surface area contributed by atoms with Crippen molar-refractivity contribution in [3.63, 3.8) is 0 Å².